The number of hydrogen-bond donors (Lipinski definition) is 1. The lowest BCUT2D eigenvalue weighted by Crippen LogP contribution is -2.50. The second-order valence-electron chi connectivity index (χ2n) is 5.30. The Bertz CT molecular complexity index is 270. The summed E-state index contributed by atoms with van der Waals surface area (Å²) in [7, 11) is 3.37. The van der Waals surface area contributed by atoms with Crippen LogP contribution in [-0.2, 0) is 14.2 Å². The molecule has 7 atom stereocenters. The van der Waals surface area contributed by atoms with Gasteiger partial charge in [0.1, 0.15) is 0 Å². The van der Waals surface area contributed by atoms with Gasteiger partial charge in [-0.25, -0.2) is 0 Å². The van der Waals surface area contributed by atoms with Crippen molar-refractivity contribution in [3.63, 3.8) is 0 Å². The molecular formula is C12H20O4. The Morgan fingerprint density at radius 2 is 1.75 bits per heavy atom. The minimum Gasteiger partial charge on any atom is -0.393 e. The van der Waals surface area contributed by atoms with Crippen LogP contribution >= 0.6 is 0 Å². The molecule has 0 aromatic rings. The zero-order chi connectivity index (χ0) is 11.3. The van der Waals surface area contributed by atoms with Gasteiger partial charge in [-0.1, -0.05) is 0 Å². The van der Waals surface area contributed by atoms with Crippen LogP contribution in [0.1, 0.15) is 19.3 Å². The van der Waals surface area contributed by atoms with Crippen LogP contribution in [0, 0.1) is 23.7 Å². The van der Waals surface area contributed by atoms with Crippen molar-refractivity contribution >= 4 is 0 Å². The van der Waals surface area contributed by atoms with Crippen LogP contribution in [0.3, 0.4) is 0 Å². The molecule has 1 saturated heterocycles. The normalized spacial score (nSPS) is 55.3. The van der Waals surface area contributed by atoms with Crippen molar-refractivity contribution < 1.29 is 19.3 Å². The van der Waals surface area contributed by atoms with E-state index in [9.17, 15) is 5.11 Å². The topological polar surface area (TPSA) is 47.9 Å². The number of hydrogen-bond acceptors (Lipinski definition) is 4. The molecule has 0 unspecified atom stereocenters. The molecule has 0 radical (unpaired) electrons. The van der Waals surface area contributed by atoms with Crippen LogP contribution in [0.25, 0.3) is 0 Å². The fourth-order valence-corrected chi connectivity index (χ4v) is 4.13. The maximum atomic E-state index is 10.1. The predicted molar refractivity (Wildman–Crippen MR) is 56.5 cm³/mol. The van der Waals surface area contributed by atoms with E-state index in [4.69, 9.17) is 14.2 Å². The first-order valence-corrected chi connectivity index (χ1v) is 6.15. The van der Waals surface area contributed by atoms with Gasteiger partial charge in [0.25, 0.3) is 0 Å². The van der Waals surface area contributed by atoms with E-state index in [1.54, 1.807) is 14.2 Å². The summed E-state index contributed by atoms with van der Waals surface area (Å²) in [6.45, 7) is 0. The number of aliphatic hydroxyl groups excluding tert-OH is 1. The molecule has 3 saturated carbocycles. The smallest absolute Gasteiger partial charge is 0.163 e. The third-order valence-electron chi connectivity index (χ3n) is 4.75. The van der Waals surface area contributed by atoms with E-state index in [0.29, 0.717) is 23.7 Å². The number of fused-ring (bicyclic) bond motifs is 2. The largest absolute Gasteiger partial charge is 0.393 e. The van der Waals surface area contributed by atoms with Crippen molar-refractivity contribution in [1.82, 2.24) is 0 Å². The molecule has 4 heteroatoms. The Morgan fingerprint density at radius 3 is 2.38 bits per heavy atom. The molecule has 1 aliphatic heterocycles. The third kappa shape index (κ3) is 1.37. The Hall–Kier alpha value is -0.160. The molecule has 0 aromatic carbocycles. The van der Waals surface area contributed by atoms with Crippen LogP contribution in [-0.4, -0.2) is 38.0 Å². The first-order chi connectivity index (χ1) is 7.76. The summed E-state index contributed by atoms with van der Waals surface area (Å²) < 4.78 is 16.6. The quantitative estimate of drug-likeness (QED) is 0.765. The number of rotatable bonds is 2. The zero-order valence-electron chi connectivity index (χ0n) is 9.83. The van der Waals surface area contributed by atoms with Crippen molar-refractivity contribution in [3.8, 4) is 0 Å². The number of aliphatic hydroxyl groups is 1. The minimum absolute atomic E-state index is 0.143. The monoisotopic (exact) mass is 228 g/mol. The summed E-state index contributed by atoms with van der Waals surface area (Å²) in [5, 5.41) is 10.1. The van der Waals surface area contributed by atoms with Crippen molar-refractivity contribution in [2.24, 2.45) is 23.7 Å². The molecule has 1 N–H and O–H groups in total. The molecule has 2 bridgehead atoms. The Kier molecular flexibility index (Phi) is 2.70. The van der Waals surface area contributed by atoms with E-state index in [1.165, 1.54) is 6.42 Å². The maximum Gasteiger partial charge on any atom is 0.163 e. The van der Waals surface area contributed by atoms with Crippen molar-refractivity contribution in [1.29, 1.82) is 0 Å². The van der Waals surface area contributed by atoms with Gasteiger partial charge in [0.2, 0.25) is 0 Å². The first kappa shape index (κ1) is 11.0. The Balaban J connectivity index is 1.89. The highest BCUT2D eigenvalue weighted by atomic mass is 16.8. The van der Waals surface area contributed by atoms with Crippen LogP contribution in [0.4, 0.5) is 0 Å². The van der Waals surface area contributed by atoms with Gasteiger partial charge < -0.3 is 19.3 Å². The van der Waals surface area contributed by atoms with E-state index in [1.807, 2.05) is 0 Å². The van der Waals surface area contributed by atoms with Gasteiger partial charge >= 0.3 is 0 Å². The molecule has 4 aliphatic rings. The van der Waals surface area contributed by atoms with Gasteiger partial charge in [-0.3, -0.25) is 0 Å². The van der Waals surface area contributed by atoms with Gasteiger partial charge in [-0.05, 0) is 31.1 Å². The molecule has 0 aromatic heterocycles. The highest BCUT2D eigenvalue weighted by Crippen LogP contribution is 2.55. The molecule has 0 spiro atoms. The van der Waals surface area contributed by atoms with E-state index >= 15 is 0 Å². The molecule has 4 nitrogen and oxygen atoms in total. The lowest BCUT2D eigenvalue weighted by molar-refractivity contribution is -0.199. The molecule has 0 amide bonds. The summed E-state index contributed by atoms with van der Waals surface area (Å²) in [5.41, 5.74) is 0. The molecule has 16 heavy (non-hydrogen) atoms. The van der Waals surface area contributed by atoms with E-state index in [2.05, 4.69) is 0 Å². The summed E-state index contributed by atoms with van der Waals surface area (Å²) in [4.78, 5) is 0. The molecule has 4 rings (SSSR count). The SMILES string of the molecule is CO[C@@H]1O[C@H](OC)[C@@H]2[C@H]3CC[C@@H](C[C@H]3O)[C@H]12. The van der Waals surface area contributed by atoms with Gasteiger partial charge in [-0.2, -0.15) is 0 Å². The summed E-state index contributed by atoms with van der Waals surface area (Å²) in [6.07, 6.45) is 2.70. The fourth-order valence-electron chi connectivity index (χ4n) is 4.13. The second-order valence-corrected chi connectivity index (χ2v) is 5.30. The second kappa shape index (κ2) is 3.95. The van der Waals surface area contributed by atoms with Crippen molar-refractivity contribution in [2.45, 2.75) is 37.9 Å². The molecule has 1 heterocycles. The van der Waals surface area contributed by atoms with Crippen LogP contribution < -0.4 is 0 Å². The Morgan fingerprint density at radius 1 is 1.06 bits per heavy atom. The highest BCUT2D eigenvalue weighted by Gasteiger charge is 2.58. The van der Waals surface area contributed by atoms with Gasteiger partial charge in [-0.15, -0.1) is 0 Å². The van der Waals surface area contributed by atoms with E-state index in [-0.39, 0.29) is 18.7 Å². The van der Waals surface area contributed by atoms with E-state index < -0.39 is 0 Å². The minimum atomic E-state index is -0.197. The average Bonchev–Trinajstić information content (AvgIpc) is 2.69. The third-order valence-corrected chi connectivity index (χ3v) is 4.75. The first-order valence-electron chi connectivity index (χ1n) is 6.15. The number of methoxy groups -OCH3 is 2. The molecule has 4 fully saturated rings. The fraction of sp³-hybridized carbons (Fsp3) is 1.00. The lowest BCUT2D eigenvalue weighted by Gasteiger charge is -2.49. The van der Waals surface area contributed by atoms with Crippen LogP contribution in [0.15, 0.2) is 0 Å². The standard InChI is InChI=1S/C12H20O4/c1-14-11-9-6-3-4-7(8(13)5-6)10(9)12(15-2)16-11/h6-13H,3-5H2,1-2H3/t6-,7-,8+,9-,10+,11+,12-/m0/s1. The van der Waals surface area contributed by atoms with Crippen LogP contribution in [0.2, 0.25) is 0 Å². The van der Waals surface area contributed by atoms with Gasteiger partial charge in [0, 0.05) is 26.1 Å². The highest BCUT2D eigenvalue weighted by molar-refractivity contribution is 5.02. The molecular weight excluding hydrogens is 208 g/mol. The predicted octanol–water partition coefficient (Wildman–Crippen LogP) is 0.985. The van der Waals surface area contributed by atoms with Crippen molar-refractivity contribution in [2.75, 3.05) is 14.2 Å². The maximum absolute atomic E-state index is 10.1. The van der Waals surface area contributed by atoms with Crippen molar-refractivity contribution in [3.05, 3.63) is 0 Å². The lowest BCUT2D eigenvalue weighted by atomic mass is 9.58. The molecule has 3 aliphatic carbocycles. The van der Waals surface area contributed by atoms with Gasteiger partial charge in [0.05, 0.1) is 6.10 Å². The summed E-state index contributed by atoms with van der Waals surface area (Å²) >= 11 is 0. The van der Waals surface area contributed by atoms with Crippen LogP contribution in [0.5, 0.6) is 0 Å². The summed E-state index contributed by atoms with van der Waals surface area (Å²) in [6, 6.07) is 0. The average molecular weight is 228 g/mol. The van der Waals surface area contributed by atoms with Gasteiger partial charge in [0.15, 0.2) is 12.6 Å². The Labute approximate surface area is 95.9 Å². The molecule has 92 valence electrons. The summed E-state index contributed by atoms with van der Waals surface area (Å²) in [5.74, 6) is 1.60. The zero-order valence-corrected chi connectivity index (χ0v) is 9.83. The van der Waals surface area contributed by atoms with E-state index in [0.717, 1.165) is 12.8 Å². The number of ether oxygens (including phenoxy) is 3.